The third kappa shape index (κ3) is 2.24. The van der Waals surface area contributed by atoms with E-state index in [1.807, 2.05) is 31.8 Å². The van der Waals surface area contributed by atoms with E-state index in [0.29, 0.717) is 11.8 Å². The molecule has 1 aromatic heterocycles. The van der Waals surface area contributed by atoms with Crippen LogP contribution in [0.15, 0.2) is 6.20 Å². The number of aryl methyl sites for hydroxylation is 1. The van der Waals surface area contributed by atoms with Gasteiger partial charge in [0, 0.05) is 18.3 Å². The second-order valence-corrected chi connectivity index (χ2v) is 6.28. The van der Waals surface area contributed by atoms with E-state index in [9.17, 15) is 4.79 Å². The summed E-state index contributed by atoms with van der Waals surface area (Å²) in [5, 5.41) is 10.8. The van der Waals surface area contributed by atoms with Crippen molar-refractivity contribution in [2.75, 3.05) is 6.54 Å². The lowest BCUT2D eigenvalue weighted by Crippen LogP contribution is -2.44. The Bertz CT molecular complexity index is 510. The highest BCUT2D eigenvalue weighted by Crippen LogP contribution is 2.37. The van der Waals surface area contributed by atoms with E-state index in [0.717, 1.165) is 17.8 Å². The van der Waals surface area contributed by atoms with Gasteiger partial charge in [0.1, 0.15) is 0 Å². The predicted octanol–water partition coefficient (Wildman–Crippen LogP) is 1.29. The number of carbonyl (C=O) groups excluding carboxylic acids is 1. The smallest absolute Gasteiger partial charge is 0.237 e. The quantitative estimate of drug-likeness (QED) is 0.874. The molecule has 2 heterocycles. The van der Waals surface area contributed by atoms with Crippen molar-refractivity contribution in [3.05, 3.63) is 17.5 Å². The van der Waals surface area contributed by atoms with Crippen molar-refractivity contribution < 1.29 is 4.79 Å². The molecule has 3 rings (SSSR count). The predicted molar refractivity (Wildman–Crippen MR) is 77.1 cm³/mol. The molecule has 0 aromatic carbocycles. The molecule has 5 heteroatoms. The average Bonchev–Trinajstić information content (AvgIpc) is 3.06. The third-order valence-electron chi connectivity index (χ3n) is 5.13. The lowest BCUT2D eigenvalue weighted by atomic mass is 9.93. The maximum absolute atomic E-state index is 12.5. The van der Waals surface area contributed by atoms with Crippen molar-refractivity contribution in [3.63, 3.8) is 0 Å². The molecule has 110 valence electrons. The topological polar surface area (TPSA) is 59.0 Å². The second-order valence-electron chi connectivity index (χ2n) is 6.28. The Balaban J connectivity index is 1.65. The highest BCUT2D eigenvalue weighted by molar-refractivity contribution is 5.83. The van der Waals surface area contributed by atoms with Crippen LogP contribution < -0.4 is 10.6 Å². The van der Waals surface area contributed by atoms with Gasteiger partial charge in [-0.2, -0.15) is 5.10 Å². The van der Waals surface area contributed by atoms with Crippen LogP contribution in [-0.2, 0) is 11.8 Å². The molecule has 1 saturated heterocycles. The fourth-order valence-corrected chi connectivity index (χ4v) is 3.80. The van der Waals surface area contributed by atoms with Gasteiger partial charge in [0.2, 0.25) is 5.91 Å². The maximum Gasteiger partial charge on any atom is 0.237 e. The number of hydrogen-bond donors (Lipinski definition) is 2. The SMILES string of the molecule is Cc1c(C(C)NC(=O)C2NCC3CCCC32)cnn1C. The van der Waals surface area contributed by atoms with Gasteiger partial charge in [0.15, 0.2) is 0 Å². The van der Waals surface area contributed by atoms with E-state index in [4.69, 9.17) is 0 Å². The second kappa shape index (κ2) is 5.20. The molecular weight excluding hydrogens is 252 g/mol. The number of carbonyl (C=O) groups is 1. The molecule has 1 aromatic rings. The van der Waals surface area contributed by atoms with Crippen LogP contribution in [0.5, 0.6) is 0 Å². The number of fused-ring (bicyclic) bond motifs is 1. The lowest BCUT2D eigenvalue weighted by Gasteiger charge is -2.21. The number of nitrogens with zero attached hydrogens (tertiary/aromatic N) is 2. The monoisotopic (exact) mass is 276 g/mol. The zero-order valence-electron chi connectivity index (χ0n) is 12.5. The van der Waals surface area contributed by atoms with Crippen molar-refractivity contribution in [3.8, 4) is 0 Å². The van der Waals surface area contributed by atoms with Crippen molar-refractivity contribution in [1.29, 1.82) is 0 Å². The molecule has 4 atom stereocenters. The minimum atomic E-state index is 0.00178. The van der Waals surface area contributed by atoms with Crippen molar-refractivity contribution >= 4 is 5.91 Å². The molecular formula is C15H24N4O. The average molecular weight is 276 g/mol. The normalized spacial score (nSPS) is 30.2. The first kappa shape index (κ1) is 13.6. The van der Waals surface area contributed by atoms with E-state index in [2.05, 4.69) is 15.7 Å². The van der Waals surface area contributed by atoms with E-state index >= 15 is 0 Å². The number of nitrogens with one attached hydrogen (secondary N) is 2. The van der Waals surface area contributed by atoms with Crippen LogP contribution in [0.25, 0.3) is 0 Å². The van der Waals surface area contributed by atoms with Crippen LogP contribution in [0, 0.1) is 18.8 Å². The minimum Gasteiger partial charge on any atom is -0.348 e. The van der Waals surface area contributed by atoms with Gasteiger partial charge in [-0.15, -0.1) is 0 Å². The van der Waals surface area contributed by atoms with Crippen LogP contribution in [0.4, 0.5) is 0 Å². The summed E-state index contributed by atoms with van der Waals surface area (Å²) in [7, 11) is 1.93. The summed E-state index contributed by atoms with van der Waals surface area (Å²) in [4.78, 5) is 12.5. The molecule has 1 aliphatic heterocycles. The molecule has 5 nitrogen and oxygen atoms in total. The first-order valence-corrected chi connectivity index (χ1v) is 7.60. The molecule has 4 unspecified atom stereocenters. The Morgan fingerprint density at radius 2 is 2.35 bits per heavy atom. The van der Waals surface area contributed by atoms with Gasteiger partial charge in [-0.1, -0.05) is 6.42 Å². The zero-order valence-corrected chi connectivity index (χ0v) is 12.5. The molecule has 0 radical (unpaired) electrons. The van der Waals surface area contributed by atoms with Gasteiger partial charge in [-0.3, -0.25) is 9.48 Å². The molecule has 1 amide bonds. The standard InChI is InChI=1S/C15H24N4O/c1-9(13-8-17-19(3)10(13)2)18-15(20)14-12-6-4-5-11(12)7-16-14/h8-9,11-12,14,16H,4-7H2,1-3H3,(H,18,20). The van der Waals surface area contributed by atoms with E-state index in [1.54, 1.807) is 0 Å². The minimum absolute atomic E-state index is 0.00178. The summed E-state index contributed by atoms with van der Waals surface area (Å²) in [6.45, 7) is 5.07. The molecule has 2 N–H and O–H groups in total. The van der Waals surface area contributed by atoms with Crippen LogP contribution in [0.3, 0.4) is 0 Å². The Morgan fingerprint density at radius 1 is 1.55 bits per heavy atom. The number of rotatable bonds is 3. The molecule has 1 saturated carbocycles. The van der Waals surface area contributed by atoms with Crippen molar-refractivity contribution in [2.24, 2.45) is 18.9 Å². The van der Waals surface area contributed by atoms with Gasteiger partial charge in [-0.05, 0) is 45.1 Å². The summed E-state index contributed by atoms with van der Waals surface area (Å²) in [5.74, 6) is 1.40. The summed E-state index contributed by atoms with van der Waals surface area (Å²) >= 11 is 0. The summed E-state index contributed by atoms with van der Waals surface area (Å²) < 4.78 is 1.85. The van der Waals surface area contributed by atoms with Crippen LogP contribution in [-0.4, -0.2) is 28.3 Å². The first-order valence-electron chi connectivity index (χ1n) is 7.60. The van der Waals surface area contributed by atoms with Crippen molar-refractivity contribution in [1.82, 2.24) is 20.4 Å². The molecule has 0 bridgehead atoms. The van der Waals surface area contributed by atoms with E-state index in [1.165, 1.54) is 19.3 Å². The van der Waals surface area contributed by atoms with Gasteiger partial charge in [-0.25, -0.2) is 0 Å². The fourth-order valence-electron chi connectivity index (χ4n) is 3.80. The summed E-state index contributed by atoms with van der Waals surface area (Å²) in [5.41, 5.74) is 2.21. The number of amides is 1. The molecule has 2 aliphatic rings. The largest absolute Gasteiger partial charge is 0.348 e. The van der Waals surface area contributed by atoms with Gasteiger partial charge in [0.05, 0.1) is 18.3 Å². The number of aromatic nitrogens is 2. The molecule has 20 heavy (non-hydrogen) atoms. The Hall–Kier alpha value is -1.36. The van der Waals surface area contributed by atoms with Crippen LogP contribution >= 0.6 is 0 Å². The summed E-state index contributed by atoms with van der Waals surface area (Å²) in [6, 6.07) is 0.0142. The lowest BCUT2D eigenvalue weighted by molar-refractivity contribution is -0.124. The zero-order chi connectivity index (χ0) is 14.3. The Morgan fingerprint density at radius 3 is 3.05 bits per heavy atom. The molecule has 0 spiro atoms. The van der Waals surface area contributed by atoms with E-state index in [-0.39, 0.29) is 18.0 Å². The fraction of sp³-hybridized carbons (Fsp3) is 0.733. The van der Waals surface area contributed by atoms with Crippen molar-refractivity contribution in [2.45, 2.75) is 45.2 Å². The highest BCUT2D eigenvalue weighted by atomic mass is 16.2. The van der Waals surface area contributed by atoms with Crippen LogP contribution in [0.1, 0.15) is 43.5 Å². The molecule has 1 aliphatic carbocycles. The molecule has 2 fully saturated rings. The Labute approximate surface area is 120 Å². The van der Waals surface area contributed by atoms with Gasteiger partial charge in [0.25, 0.3) is 0 Å². The van der Waals surface area contributed by atoms with Gasteiger partial charge >= 0.3 is 0 Å². The Kier molecular flexibility index (Phi) is 3.54. The van der Waals surface area contributed by atoms with E-state index < -0.39 is 0 Å². The highest BCUT2D eigenvalue weighted by Gasteiger charge is 2.42. The maximum atomic E-state index is 12.5. The first-order chi connectivity index (χ1) is 9.58. The van der Waals surface area contributed by atoms with Crippen LogP contribution in [0.2, 0.25) is 0 Å². The van der Waals surface area contributed by atoms with Gasteiger partial charge < -0.3 is 10.6 Å². The number of hydrogen-bond acceptors (Lipinski definition) is 3. The summed E-state index contributed by atoms with van der Waals surface area (Å²) in [6.07, 6.45) is 5.59. The third-order valence-corrected chi connectivity index (χ3v) is 5.13.